The van der Waals surface area contributed by atoms with Crippen molar-refractivity contribution in [1.82, 2.24) is 0 Å². The van der Waals surface area contributed by atoms with Gasteiger partial charge in [0.05, 0.1) is 17.5 Å². The molecule has 26 heavy (non-hydrogen) atoms. The largest absolute Gasteiger partial charge is 0.573 e. The summed E-state index contributed by atoms with van der Waals surface area (Å²) in [5.74, 6) is -0.845. The second-order valence-electron chi connectivity index (χ2n) is 5.85. The summed E-state index contributed by atoms with van der Waals surface area (Å²) >= 11 is 1.21. The number of thioether (sulfide) groups is 1. The number of carbonyl (C=O) groups excluding carboxylic acids is 1. The third-order valence-corrected chi connectivity index (χ3v) is 7.15. The first-order chi connectivity index (χ1) is 12.1. The highest BCUT2D eigenvalue weighted by molar-refractivity contribution is 8.16. The summed E-state index contributed by atoms with van der Waals surface area (Å²) in [5, 5.41) is 0.0979. The third kappa shape index (κ3) is 4.14. The Hall–Kier alpha value is -1.75. The molecule has 142 valence electrons. The van der Waals surface area contributed by atoms with Gasteiger partial charge in [-0.1, -0.05) is 18.7 Å². The number of sulfone groups is 1. The maximum Gasteiger partial charge on any atom is 0.573 e. The van der Waals surface area contributed by atoms with Gasteiger partial charge in [0.1, 0.15) is 5.75 Å². The number of amides is 1. The molecule has 0 saturated carbocycles. The zero-order valence-electron chi connectivity index (χ0n) is 13.6. The normalized spacial score (nSPS) is 26.2. The molecule has 0 unspecified atom stereocenters. The van der Waals surface area contributed by atoms with Crippen molar-refractivity contribution < 1.29 is 31.1 Å². The maximum absolute atomic E-state index is 12.3. The monoisotopic (exact) mass is 408 g/mol. The van der Waals surface area contributed by atoms with E-state index in [2.05, 4.69) is 9.73 Å². The second kappa shape index (κ2) is 6.76. The first-order valence-corrected chi connectivity index (χ1v) is 10.4. The number of amidine groups is 1. The van der Waals surface area contributed by atoms with Gasteiger partial charge in [0.2, 0.25) is 5.91 Å². The molecule has 1 amide bonds. The number of anilines is 1. The summed E-state index contributed by atoms with van der Waals surface area (Å²) in [6.45, 7) is 1.66. The van der Waals surface area contributed by atoms with Crippen LogP contribution in [0.15, 0.2) is 29.3 Å². The molecule has 2 aliphatic rings. The van der Waals surface area contributed by atoms with Crippen molar-refractivity contribution in [1.29, 1.82) is 0 Å². The Morgan fingerprint density at radius 3 is 2.54 bits per heavy atom. The lowest BCUT2D eigenvalue weighted by atomic mass is 10.2. The predicted molar refractivity (Wildman–Crippen MR) is 92.2 cm³/mol. The number of alkyl halides is 3. The molecule has 11 heteroatoms. The van der Waals surface area contributed by atoms with Crippen molar-refractivity contribution in [2.24, 2.45) is 4.99 Å². The smallest absolute Gasteiger partial charge is 0.406 e. The zero-order valence-corrected chi connectivity index (χ0v) is 15.2. The van der Waals surface area contributed by atoms with E-state index >= 15 is 0 Å². The van der Waals surface area contributed by atoms with E-state index in [-0.39, 0.29) is 34.8 Å². The van der Waals surface area contributed by atoms with Gasteiger partial charge in [-0.25, -0.2) is 8.42 Å². The van der Waals surface area contributed by atoms with Crippen molar-refractivity contribution in [3.05, 3.63) is 24.3 Å². The molecule has 2 fully saturated rings. The van der Waals surface area contributed by atoms with E-state index in [1.165, 1.54) is 23.9 Å². The molecule has 0 radical (unpaired) electrons. The second-order valence-corrected chi connectivity index (χ2v) is 9.21. The van der Waals surface area contributed by atoms with Crippen molar-refractivity contribution in [2.45, 2.75) is 31.0 Å². The van der Waals surface area contributed by atoms with E-state index in [1.54, 1.807) is 11.8 Å². The molecule has 2 saturated heterocycles. The van der Waals surface area contributed by atoms with Crippen LogP contribution in [0.3, 0.4) is 0 Å². The summed E-state index contributed by atoms with van der Waals surface area (Å²) in [5.41, 5.74) is 0.458. The fourth-order valence-corrected chi connectivity index (χ4v) is 6.79. The minimum Gasteiger partial charge on any atom is -0.406 e. The number of aliphatic imine (C=N–C) groups is 1. The van der Waals surface area contributed by atoms with E-state index in [1.807, 2.05) is 0 Å². The van der Waals surface area contributed by atoms with Gasteiger partial charge in [-0.2, -0.15) is 4.99 Å². The Bertz CT molecular complexity index is 837. The van der Waals surface area contributed by atoms with Gasteiger partial charge < -0.3 is 9.64 Å². The summed E-state index contributed by atoms with van der Waals surface area (Å²) < 4.78 is 64.6. The number of benzene rings is 1. The van der Waals surface area contributed by atoms with E-state index < -0.39 is 22.2 Å². The number of hydrogen-bond donors (Lipinski definition) is 0. The van der Waals surface area contributed by atoms with E-state index in [4.69, 9.17) is 0 Å². The summed E-state index contributed by atoms with van der Waals surface area (Å²) in [7, 11) is -3.21. The fraction of sp³-hybridized carbons (Fsp3) is 0.467. The fourth-order valence-electron chi connectivity index (χ4n) is 2.86. The van der Waals surface area contributed by atoms with Crippen LogP contribution in [0.2, 0.25) is 0 Å². The molecular weight excluding hydrogens is 393 g/mol. The molecule has 0 aliphatic carbocycles. The number of halogens is 3. The lowest BCUT2D eigenvalue weighted by Crippen LogP contribution is -2.37. The van der Waals surface area contributed by atoms with Crippen molar-refractivity contribution in [2.75, 3.05) is 16.4 Å². The van der Waals surface area contributed by atoms with Gasteiger partial charge in [0.15, 0.2) is 15.0 Å². The van der Waals surface area contributed by atoms with Crippen LogP contribution in [0.25, 0.3) is 0 Å². The molecular formula is C15H15F3N2O4S2. The maximum atomic E-state index is 12.3. The molecule has 1 aromatic rings. The van der Waals surface area contributed by atoms with Crippen LogP contribution in [-0.4, -0.2) is 48.7 Å². The predicted octanol–water partition coefficient (Wildman–Crippen LogP) is 2.60. The van der Waals surface area contributed by atoms with Crippen molar-refractivity contribution in [3.8, 4) is 5.75 Å². The van der Waals surface area contributed by atoms with Crippen LogP contribution in [0.4, 0.5) is 18.9 Å². The minimum atomic E-state index is -4.80. The SMILES string of the molecule is CCC(=O)N=C1S[C@H]2CS(=O)(=O)C[C@@H]2N1c1ccc(OC(F)(F)F)cc1. The Morgan fingerprint density at radius 2 is 1.96 bits per heavy atom. The van der Waals surface area contributed by atoms with Crippen LogP contribution in [-0.2, 0) is 14.6 Å². The molecule has 3 rings (SSSR count). The topological polar surface area (TPSA) is 76.0 Å². The molecule has 2 aliphatic heterocycles. The highest BCUT2D eigenvalue weighted by Gasteiger charge is 2.49. The molecule has 0 aromatic heterocycles. The van der Waals surface area contributed by atoms with Gasteiger partial charge in [-0.3, -0.25) is 4.79 Å². The highest BCUT2D eigenvalue weighted by atomic mass is 32.2. The molecule has 2 atom stereocenters. The molecule has 1 aromatic carbocycles. The molecule has 6 nitrogen and oxygen atoms in total. The van der Waals surface area contributed by atoms with Crippen LogP contribution in [0, 0.1) is 0 Å². The van der Waals surface area contributed by atoms with E-state index in [0.717, 1.165) is 12.1 Å². The van der Waals surface area contributed by atoms with E-state index in [0.29, 0.717) is 10.9 Å². The third-order valence-electron chi connectivity index (χ3n) is 3.94. The zero-order chi connectivity index (χ0) is 19.1. The Kier molecular flexibility index (Phi) is 4.95. The van der Waals surface area contributed by atoms with Gasteiger partial charge in [-0.15, -0.1) is 13.2 Å². The van der Waals surface area contributed by atoms with Gasteiger partial charge in [0.25, 0.3) is 0 Å². The summed E-state index contributed by atoms with van der Waals surface area (Å²) in [6.07, 6.45) is -4.60. The van der Waals surface area contributed by atoms with Gasteiger partial charge in [-0.05, 0) is 24.3 Å². The van der Waals surface area contributed by atoms with Crippen molar-refractivity contribution >= 4 is 38.4 Å². The minimum absolute atomic E-state index is 0.0204. The lowest BCUT2D eigenvalue weighted by Gasteiger charge is -2.24. The Morgan fingerprint density at radius 1 is 1.31 bits per heavy atom. The average molecular weight is 408 g/mol. The van der Waals surface area contributed by atoms with Gasteiger partial charge in [0, 0.05) is 17.4 Å². The van der Waals surface area contributed by atoms with Crippen LogP contribution >= 0.6 is 11.8 Å². The average Bonchev–Trinajstić information content (AvgIpc) is 2.97. The molecule has 2 heterocycles. The van der Waals surface area contributed by atoms with Gasteiger partial charge >= 0.3 is 6.36 Å². The number of ether oxygens (including phenoxy) is 1. The Balaban J connectivity index is 1.92. The number of hydrogen-bond acceptors (Lipinski definition) is 5. The molecule has 0 spiro atoms. The van der Waals surface area contributed by atoms with Crippen LogP contribution < -0.4 is 9.64 Å². The molecule has 0 N–H and O–H groups in total. The first-order valence-electron chi connectivity index (χ1n) is 7.71. The number of rotatable bonds is 3. The van der Waals surface area contributed by atoms with Crippen LogP contribution in [0.5, 0.6) is 5.75 Å². The number of nitrogens with zero attached hydrogens (tertiary/aromatic N) is 2. The lowest BCUT2D eigenvalue weighted by molar-refractivity contribution is -0.274. The summed E-state index contributed by atoms with van der Waals surface area (Å²) in [4.78, 5) is 17.4. The van der Waals surface area contributed by atoms with Crippen molar-refractivity contribution in [3.63, 3.8) is 0 Å². The Labute approximate surface area is 152 Å². The number of fused-ring (bicyclic) bond motifs is 1. The first kappa shape index (κ1) is 19.0. The summed E-state index contributed by atoms with van der Waals surface area (Å²) in [6, 6.07) is 4.65. The molecule has 0 bridgehead atoms. The highest BCUT2D eigenvalue weighted by Crippen LogP contribution is 2.41. The number of carbonyl (C=O) groups is 1. The van der Waals surface area contributed by atoms with E-state index in [9.17, 15) is 26.4 Å². The standard InChI is InChI=1S/C15H15F3N2O4S2/c1-2-13(21)19-14-20(11-7-26(22,23)8-12(11)25-14)9-3-5-10(6-4-9)24-15(16,17)18/h3-6,11-12H,2,7-8H2,1H3/t11-,12-/m0/s1. The van der Waals surface area contributed by atoms with Crippen LogP contribution in [0.1, 0.15) is 13.3 Å². The quantitative estimate of drug-likeness (QED) is 0.765.